The summed E-state index contributed by atoms with van der Waals surface area (Å²) in [6, 6.07) is 8.36. The summed E-state index contributed by atoms with van der Waals surface area (Å²) in [5.74, 6) is -0.0552. The molecular weight excluding hydrogens is 496 g/mol. The van der Waals surface area contributed by atoms with Gasteiger partial charge < -0.3 is 20.1 Å². The van der Waals surface area contributed by atoms with Crippen LogP contribution in [0.3, 0.4) is 0 Å². The number of fused-ring (bicyclic) bond motifs is 1. The Bertz CT molecular complexity index is 1230. The van der Waals surface area contributed by atoms with Crippen LogP contribution in [-0.4, -0.2) is 36.1 Å². The zero-order valence-corrected chi connectivity index (χ0v) is 19.4. The Morgan fingerprint density at radius 3 is 2.53 bits per heavy atom. The highest BCUT2D eigenvalue weighted by molar-refractivity contribution is 6.36. The summed E-state index contributed by atoms with van der Waals surface area (Å²) in [4.78, 5) is 12.8. The SMILES string of the molecule is COc1ccc([C@H]2C[C@@H](C(F)(F)F)n3nc(C(=O)Nc4cccc(Cl)c4)c(Cl)c3N2)cc1OC. The zero-order valence-electron chi connectivity index (χ0n) is 17.9. The molecule has 1 aromatic heterocycles. The monoisotopic (exact) mass is 514 g/mol. The normalized spacial score (nSPS) is 17.5. The minimum atomic E-state index is -4.64. The Balaban J connectivity index is 1.71. The largest absolute Gasteiger partial charge is 0.493 e. The molecule has 34 heavy (non-hydrogen) atoms. The van der Waals surface area contributed by atoms with E-state index >= 15 is 0 Å². The molecular formula is C22H19Cl2F3N4O3. The van der Waals surface area contributed by atoms with Crippen molar-refractivity contribution in [3.8, 4) is 11.5 Å². The maximum atomic E-state index is 14.0. The first-order valence-electron chi connectivity index (χ1n) is 10.0. The molecule has 3 aromatic rings. The number of methoxy groups -OCH3 is 2. The number of nitrogens with zero attached hydrogens (tertiary/aromatic N) is 2. The summed E-state index contributed by atoms with van der Waals surface area (Å²) >= 11 is 12.3. The molecule has 0 spiro atoms. The van der Waals surface area contributed by atoms with Gasteiger partial charge >= 0.3 is 6.18 Å². The van der Waals surface area contributed by atoms with Gasteiger partial charge in [0.15, 0.2) is 23.2 Å². The van der Waals surface area contributed by atoms with Gasteiger partial charge in [0.25, 0.3) is 5.91 Å². The van der Waals surface area contributed by atoms with Gasteiger partial charge in [-0.05, 0) is 35.9 Å². The predicted octanol–water partition coefficient (Wildman–Crippen LogP) is 6.12. The average Bonchev–Trinajstić information content (AvgIpc) is 3.13. The summed E-state index contributed by atoms with van der Waals surface area (Å²) in [7, 11) is 2.90. The number of anilines is 2. The van der Waals surface area contributed by atoms with E-state index in [1.807, 2.05) is 0 Å². The molecule has 0 unspecified atom stereocenters. The number of hydrogen-bond donors (Lipinski definition) is 2. The summed E-state index contributed by atoms with van der Waals surface area (Å²) in [5, 5.41) is 9.62. The van der Waals surface area contributed by atoms with Crippen molar-refractivity contribution in [2.75, 3.05) is 24.9 Å². The van der Waals surface area contributed by atoms with Crippen molar-refractivity contribution in [2.24, 2.45) is 0 Å². The van der Waals surface area contributed by atoms with Gasteiger partial charge in [-0.1, -0.05) is 35.3 Å². The van der Waals surface area contributed by atoms with Crippen molar-refractivity contribution < 1.29 is 27.4 Å². The third kappa shape index (κ3) is 4.60. The average molecular weight is 515 g/mol. The van der Waals surface area contributed by atoms with E-state index in [0.717, 1.165) is 0 Å². The predicted molar refractivity (Wildman–Crippen MR) is 122 cm³/mol. The Hall–Kier alpha value is -3.11. The van der Waals surface area contributed by atoms with Crippen molar-refractivity contribution in [1.29, 1.82) is 0 Å². The Labute approximate surface area is 202 Å². The molecule has 4 rings (SSSR count). The number of hydrogen-bond acceptors (Lipinski definition) is 5. The number of alkyl halides is 3. The maximum Gasteiger partial charge on any atom is 0.410 e. The maximum absolute atomic E-state index is 14.0. The number of nitrogens with one attached hydrogen (secondary N) is 2. The van der Waals surface area contributed by atoms with E-state index in [2.05, 4.69) is 15.7 Å². The van der Waals surface area contributed by atoms with Gasteiger partial charge in [-0.25, -0.2) is 4.68 Å². The zero-order chi connectivity index (χ0) is 24.6. The van der Waals surface area contributed by atoms with E-state index in [-0.39, 0.29) is 23.0 Å². The first kappa shape index (κ1) is 24.0. The van der Waals surface area contributed by atoms with Crippen molar-refractivity contribution in [3.05, 3.63) is 63.8 Å². The first-order chi connectivity index (χ1) is 16.1. The number of benzene rings is 2. The molecule has 0 fully saturated rings. The summed E-state index contributed by atoms with van der Waals surface area (Å²) in [6.07, 6.45) is -5.01. The van der Waals surface area contributed by atoms with Gasteiger partial charge in [0.1, 0.15) is 10.8 Å². The lowest BCUT2D eigenvalue weighted by molar-refractivity contribution is -0.173. The van der Waals surface area contributed by atoms with Crippen molar-refractivity contribution in [3.63, 3.8) is 0 Å². The molecule has 2 heterocycles. The lowest BCUT2D eigenvalue weighted by atomic mass is 9.96. The molecule has 0 saturated carbocycles. The fraction of sp³-hybridized carbons (Fsp3) is 0.273. The number of carbonyl (C=O) groups excluding carboxylic acids is 1. The Morgan fingerprint density at radius 1 is 1.15 bits per heavy atom. The van der Waals surface area contributed by atoms with Crippen molar-refractivity contribution in [2.45, 2.75) is 24.7 Å². The summed E-state index contributed by atoms with van der Waals surface area (Å²) in [5.41, 5.74) is 0.537. The minimum Gasteiger partial charge on any atom is -0.493 e. The molecule has 0 saturated heterocycles. The first-order valence-corrected chi connectivity index (χ1v) is 10.8. The fourth-order valence-corrected chi connectivity index (χ4v) is 4.23. The number of amides is 1. The molecule has 1 aliphatic heterocycles. The topological polar surface area (TPSA) is 77.4 Å². The van der Waals surface area contributed by atoms with Gasteiger partial charge in [0, 0.05) is 17.1 Å². The van der Waals surface area contributed by atoms with Gasteiger partial charge in [-0.2, -0.15) is 18.3 Å². The standard InChI is InChI=1S/C22H19Cl2F3N4O3/c1-33-15-7-6-11(8-16(15)34-2)14-10-17(22(25,26)27)31-20(29-14)18(24)19(30-31)21(32)28-13-5-3-4-12(23)9-13/h3-9,14,17,29H,10H2,1-2H3,(H,28,32)/t14-,17+/m1/s1. The van der Waals surface area contributed by atoms with Crippen molar-refractivity contribution >= 4 is 40.6 Å². The molecule has 1 aliphatic rings. The second-order valence-electron chi connectivity index (χ2n) is 7.52. The lowest BCUT2D eigenvalue weighted by Crippen LogP contribution is -2.35. The molecule has 0 aliphatic carbocycles. The number of halogens is 5. The highest BCUT2D eigenvalue weighted by atomic mass is 35.5. The second kappa shape index (κ2) is 9.27. The van der Waals surface area contributed by atoms with E-state index in [4.69, 9.17) is 32.7 Å². The molecule has 7 nitrogen and oxygen atoms in total. The molecule has 0 bridgehead atoms. The van der Waals surface area contributed by atoms with Crippen LogP contribution < -0.4 is 20.1 Å². The van der Waals surface area contributed by atoms with Crippen LogP contribution >= 0.6 is 23.2 Å². The smallest absolute Gasteiger partial charge is 0.410 e. The van der Waals surface area contributed by atoms with Gasteiger partial charge in [-0.3, -0.25) is 4.79 Å². The summed E-state index contributed by atoms with van der Waals surface area (Å²) < 4.78 is 53.2. The third-order valence-electron chi connectivity index (χ3n) is 5.40. The number of aromatic nitrogens is 2. The van der Waals surface area contributed by atoms with Gasteiger partial charge in [0.2, 0.25) is 0 Å². The van der Waals surface area contributed by atoms with Crippen LogP contribution in [0.4, 0.5) is 24.7 Å². The van der Waals surface area contributed by atoms with Crippen LogP contribution in [0, 0.1) is 0 Å². The van der Waals surface area contributed by atoms with E-state index in [1.165, 1.54) is 20.3 Å². The number of carbonyl (C=O) groups is 1. The van der Waals surface area contributed by atoms with E-state index in [0.29, 0.717) is 32.5 Å². The lowest BCUT2D eigenvalue weighted by Gasteiger charge is -2.33. The van der Waals surface area contributed by atoms with E-state index < -0.39 is 24.2 Å². The van der Waals surface area contributed by atoms with Crippen LogP contribution in [0.1, 0.15) is 34.6 Å². The second-order valence-corrected chi connectivity index (χ2v) is 8.34. The quantitative estimate of drug-likeness (QED) is 0.428. The molecule has 2 atom stereocenters. The van der Waals surface area contributed by atoms with Gasteiger partial charge in [-0.15, -0.1) is 0 Å². The van der Waals surface area contributed by atoms with E-state index in [1.54, 1.807) is 36.4 Å². The highest BCUT2D eigenvalue weighted by Crippen LogP contribution is 2.47. The van der Waals surface area contributed by atoms with E-state index in [9.17, 15) is 18.0 Å². The van der Waals surface area contributed by atoms with Crippen LogP contribution in [0.15, 0.2) is 42.5 Å². The molecule has 2 N–H and O–H groups in total. The molecule has 180 valence electrons. The molecule has 0 radical (unpaired) electrons. The molecule has 2 aromatic carbocycles. The van der Waals surface area contributed by atoms with Crippen molar-refractivity contribution in [1.82, 2.24) is 9.78 Å². The third-order valence-corrected chi connectivity index (χ3v) is 6.00. The van der Waals surface area contributed by atoms with Crippen LogP contribution in [0.2, 0.25) is 10.0 Å². The number of rotatable bonds is 5. The highest BCUT2D eigenvalue weighted by Gasteiger charge is 2.48. The van der Waals surface area contributed by atoms with Crippen LogP contribution in [0.5, 0.6) is 11.5 Å². The fourth-order valence-electron chi connectivity index (χ4n) is 3.78. The Kier molecular flexibility index (Phi) is 6.55. The van der Waals surface area contributed by atoms with Gasteiger partial charge in [0.05, 0.1) is 20.3 Å². The molecule has 12 heteroatoms. The number of ether oxygens (including phenoxy) is 2. The van der Waals surface area contributed by atoms with Crippen LogP contribution in [-0.2, 0) is 0 Å². The Morgan fingerprint density at radius 2 is 1.88 bits per heavy atom. The molecule has 1 amide bonds. The van der Waals surface area contributed by atoms with Crippen LogP contribution in [0.25, 0.3) is 0 Å². The summed E-state index contributed by atoms with van der Waals surface area (Å²) in [6.45, 7) is 0. The minimum absolute atomic E-state index is 0.105.